The molecule has 0 spiro atoms. The minimum Gasteiger partial charge on any atom is -0.374 e. The Hall–Kier alpha value is 0.0600. The molecular weight excluding hydrogens is 312 g/mol. The number of nitrogens with one attached hydrogen (secondary N) is 1. The van der Waals surface area contributed by atoms with Crippen molar-refractivity contribution in [1.82, 2.24) is 10.2 Å². The van der Waals surface area contributed by atoms with E-state index in [9.17, 15) is 0 Å². The predicted molar refractivity (Wildman–Crippen MR) is 78.1 cm³/mol. The molecule has 2 heterocycles. The molecule has 3 rings (SSSR count). The Balaban J connectivity index is 1.39. The fourth-order valence-electron chi connectivity index (χ4n) is 2.44. The summed E-state index contributed by atoms with van der Waals surface area (Å²) in [5.41, 5.74) is 0. The van der Waals surface area contributed by atoms with Crippen molar-refractivity contribution in [1.29, 1.82) is 0 Å². The van der Waals surface area contributed by atoms with E-state index in [0.29, 0.717) is 6.10 Å². The number of morpholine rings is 1. The van der Waals surface area contributed by atoms with Gasteiger partial charge in [0, 0.05) is 47.0 Å². The van der Waals surface area contributed by atoms with Crippen LogP contribution in [-0.4, -0.2) is 43.3 Å². The molecule has 1 atom stereocenters. The van der Waals surface area contributed by atoms with Crippen molar-refractivity contribution in [2.45, 2.75) is 31.5 Å². The van der Waals surface area contributed by atoms with Crippen molar-refractivity contribution >= 4 is 27.3 Å². The molecule has 0 amide bonds. The Labute approximate surface area is 121 Å². The second-order valence-electron chi connectivity index (χ2n) is 5.08. The van der Waals surface area contributed by atoms with Gasteiger partial charge in [-0.3, -0.25) is 4.90 Å². The van der Waals surface area contributed by atoms with Gasteiger partial charge in [0.2, 0.25) is 0 Å². The predicted octanol–water partition coefficient (Wildman–Crippen LogP) is 2.46. The SMILES string of the molecule is Brc1csc(CNC[C@H]2CN(C3CC3)CCO2)c1. The Bertz CT molecular complexity index is 394. The van der Waals surface area contributed by atoms with Crippen LogP contribution < -0.4 is 5.32 Å². The number of halogens is 1. The molecule has 1 aromatic heterocycles. The molecule has 0 unspecified atom stereocenters. The maximum absolute atomic E-state index is 5.82. The zero-order chi connectivity index (χ0) is 12.4. The lowest BCUT2D eigenvalue weighted by Crippen LogP contribution is -2.47. The van der Waals surface area contributed by atoms with Crippen molar-refractivity contribution in [3.05, 3.63) is 20.8 Å². The van der Waals surface area contributed by atoms with Crippen LogP contribution in [0.1, 0.15) is 17.7 Å². The summed E-state index contributed by atoms with van der Waals surface area (Å²) in [6.45, 7) is 5.02. The van der Waals surface area contributed by atoms with Crippen molar-refractivity contribution in [2.24, 2.45) is 0 Å². The average Bonchev–Trinajstić information content (AvgIpc) is 3.14. The molecule has 1 N–H and O–H groups in total. The fraction of sp³-hybridized carbons (Fsp3) is 0.692. The van der Waals surface area contributed by atoms with Crippen molar-refractivity contribution in [3.8, 4) is 0 Å². The highest BCUT2D eigenvalue weighted by atomic mass is 79.9. The van der Waals surface area contributed by atoms with Gasteiger partial charge in [0.15, 0.2) is 0 Å². The Kier molecular flexibility index (Phi) is 4.36. The summed E-state index contributed by atoms with van der Waals surface area (Å²) in [5.74, 6) is 0. The van der Waals surface area contributed by atoms with E-state index in [4.69, 9.17) is 4.74 Å². The van der Waals surface area contributed by atoms with Gasteiger partial charge < -0.3 is 10.1 Å². The van der Waals surface area contributed by atoms with Crippen LogP contribution in [0.3, 0.4) is 0 Å². The van der Waals surface area contributed by atoms with Crippen LogP contribution in [0.2, 0.25) is 0 Å². The lowest BCUT2D eigenvalue weighted by molar-refractivity contribution is -0.0301. The molecule has 5 heteroatoms. The molecule has 0 aromatic carbocycles. The monoisotopic (exact) mass is 330 g/mol. The van der Waals surface area contributed by atoms with Gasteiger partial charge >= 0.3 is 0 Å². The Morgan fingerprint density at radius 2 is 2.39 bits per heavy atom. The highest BCUT2D eigenvalue weighted by Gasteiger charge is 2.32. The van der Waals surface area contributed by atoms with Crippen LogP contribution in [-0.2, 0) is 11.3 Å². The number of nitrogens with zero attached hydrogens (tertiary/aromatic N) is 1. The summed E-state index contributed by atoms with van der Waals surface area (Å²) >= 11 is 5.27. The normalized spacial score (nSPS) is 25.5. The second kappa shape index (κ2) is 6.01. The van der Waals surface area contributed by atoms with E-state index in [1.54, 1.807) is 11.3 Å². The number of hydrogen-bond acceptors (Lipinski definition) is 4. The summed E-state index contributed by atoms with van der Waals surface area (Å²) in [4.78, 5) is 3.97. The lowest BCUT2D eigenvalue weighted by Gasteiger charge is -2.33. The number of thiophene rings is 1. The van der Waals surface area contributed by atoms with Gasteiger partial charge in [-0.15, -0.1) is 11.3 Å². The molecular formula is C13H19BrN2OS. The third-order valence-corrected chi connectivity index (χ3v) is 5.22. The van der Waals surface area contributed by atoms with Crippen LogP contribution in [0, 0.1) is 0 Å². The Morgan fingerprint density at radius 3 is 3.11 bits per heavy atom. The molecule has 1 aliphatic heterocycles. The molecule has 100 valence electrons. The van der Waals surface area contributed by atoms with Crippen LogP contribution >= 0.6 is 27.3 Å². The minimum absolute atomic E-state index is 0.364. The van der Waals surface area contributed by atoms with E-state index < -0.39 is 0 Å². The van der Waals surface area contributed by atoms with Gasteiger partial charge in [-0.25, -0.2) is 0 Å². The smallest absolute Gasteiger partial charge is 0.0826 e. The van der Waals surface area contributed by atoms with Crippen molar-refractivity contribution in [2.75, 3.05) is 26.2 Å². The summed E-state index contributed by atoms with van der Waals surface area (Å²) in [7, 11) is 0. The van der Waals surface area contributed by atoms with Gasteiger partial charge in [0.1, 0.15) is 0 Å². The maximum Gasteiger partial charge on any atom is 0.0826 e. The van der Waals surface area contributed by atoms with E-state index in [-0.39, 0.29) is 0 Å². The Morgan fingerprint density at radius 1 is 1.50 bits per heavy atom. The molecule has 2 fully saturated rings. The van der Waals surface area contributed by atoms with Gasteiger partial charge in [0.05, 0.1) is 12.7 Å². The van der Waals surface area contributed by atoms with Crippen molar-refractivity contribution in [3.63, 3.8) is 0 Å². The first kappa shape index (κ1) is 13.1. The third-order valence-electron chi connectivity index (χ3n) is 3.53. The summed E-state index contributed by atoms with van der Waals surface area (Å²) in [5, 5.41) is 5.63. The summed E-state index contributed by atoms with van der Waals surface area (Å²) in [6.07, 6.45) is 3.15. The second-order valence-corrected chi connectivity index (χ2v) is 6.99. The lowest BCUT2D eigenvalue weighted by atomic mass is 10.2. The van der Waals surface area contributed by atoms with Gasteiger partial charge in [-0.1, -0.05) is 0 Å². The quantitative estimate of drug-likeness (QED) is 0.897. The first-order valence-electron chi connectivity index (χ1n) is 6.60. The first-order chi connectivity index (χ1) is 8.81. The highest BCUT2D eigenvalue weighted by Crippen LogP contribution is 2.28. The largest absolute Gasteiger partial charge is 0.374 e. The van der Waals surface area contributed by atoms with Crippen molar-refractivity contribution < 1.29 is 4.74 Å². The number of ether oxygens (including phenoxy) is 1. The summed E-state index contributed by atoms with van der Waals surface area (Å²) < 4.78 is 7.00. The maximum atomic E-state index is 5.82. The van der Waals surface area contributed by atoms with Crippen LogP contribution in [0.25, 0.3) is 0 Å². The molecule has 1 saturated heterocycles. The van der Waals surface area contributed by atoms with E-state index in [1.165, 1.54) is 22.2 Å². The molecule has 1 saturated carbocycles. The standard InChI is InChI=1S/C13H19BrN2OS/c14-10-5-13(18-9-10)7-15-6-12-8-16(3-4-17-12)11-1-2-11/h5,9,11-12,15H,1-4,6-8H2/t12-/m0/s1. The first-order valence-corrected chi connectivity index (χ1v) is 8.28. The molecule has 18 heavy (non-hydrogen) atoms. The van der Waals surface area contributed by atoms with Crippen LogP contribution in [0.4, 0.5) is 0 Å². The van der Waals surface area contributed by atoms with E-state index in [0.717, 1.165) is 38.8 Å². The molecule has 1 aliphatic carbocycles. The van der Waals surface area contributed by atoms with Gasteiger partial charge in [-0.2, -0.15) is 0 Å². The van der Waals surface area contributed by atoms with Crippen LogP contribution in [0.15, 0.2) is 15.9 Å². The zero-order valence-corrected chi connectivity index (χ0v) is 12.8. The third kappa shape index (κ3) is 3.54. The zero-order valence-electron chi connectivity index (χ0n) is 10.4. The average molecular weight is 331 g/mol. The molecule has 0 radical (unpaired) electrons. The van der Waals surface area contributed by atoms with E-state index in [2.05, 4.69) is 37.6 Å². The minimum atomic E-state index is 0.364. The summed E-state index contributed by atoms with van der Waals surface area (Å²) in [6, 6.07) is 3.04. The molecule has 2 aliphatic rings. The van der Waals surface area contributed by atoms with E-state index >= 15 is 0 Å². The van der Waals surface area contributed by atoms with E-state index in [1.807, 2.05) is 0 Å². The molecule has 1 aromatic rings. The van der Waals surface area contributed by atoms with Crippen LogP contribution in [0.5, 0.6) is 0 Å². The fourth-order valence-corrected chi connectivity index (χ4v) is 3.86. The number of hydrogen-bond donors (Lipinski definition) is 1. The number of rotatable bonds is 5. The highest BCUT2D eigenvalue weighted by molar-refractivity contribution is 9.10. The van der Waals surface area contributed by atoms with Gasteiger partial charge in [-0.05, 0) is 34.8 Å². The topological polar surface area (TPSA) is 24.5 Å². The molecule has 3 nitrogen and oxygen atoms in total. The van der Waals surface area contributed by atoms with Gasteiger partial charge in [0.25, 0.3) is 0 Å². The molecule has 0 bridgehead atoms.